The van der Waals surface area contributed by atoms with Crippen LogP contribution in [0.3, 0.4) is 0 Å². The summed E-state index contributed by atoms with van der Waals surface area (Å²) in [5.74, 6) is 0. The molecule has 2 aliphatic rings. The van der Waals surface area contributed by atoms with Crippen molar-refractivity contribution in [3.63, 3.8) is 0 Å². The number of hydrogen-bond acceptors (Lipinski definition) is 0. The van der Waals surface area contributed by atoms with Gasteiger partial charge in [0.15, 0.2) is 0 Å². The Kier molecular flexibility index (Phi) is 10.7. The van der Waals surface area contributed by atoms with Gasteiger partial charge in [0.05, 0.1) is 0 Å². The summed E-state index contributed by atoms with van der Waals surface area (Å²) in [5, 5.41) is 5.22. The predicted molar refractivity (Wildman–Crippen MR) is 228 cm³/mol. The molecule has 6 aromatic carbocycles. The summed E-state index contributed by atoms with van der Waals surface area (Å²) in [6, 6.07) is 42.6. The van der Waals surface area contributed by atoms with Crippen LogP contribution >= 0.6 is 24.8 Å². The van der Waals surface area contributed by atoms with Crippen LogP contribution in [0.2, 0.25) is 0 Å². The summed E-state index contributed by atoms with van der Waals surface area (Å²) in [4.78, 5) is 0. The van der Waals surface area contributed by atoms with Crippen LogP contribution in [0.25, 0.3) is 32.7 Å². The van der Waals surface area contributed by atoms with E-state index < -0.39 is 21.3 Å². The van der Waals surface area contributed by atoms with E-state index in [0.29, 0.717) is 3.63 Å². The third-order valence-electron chi connectivity index (χ3n) is 11.1. The van der Waals surface area contributed by atoms with E-state index in [1.54, 1.807) is 17.6 Å². The Hall–Kier alpha value is -3.35. The summed E-state index contributed by atoms with van der Waals surface area (Å²) < 4.78 is 3.67. The Morgan fingerprint density at radius 1 is 0.558 bits per heavy atom. The van der Waals surface area contributed by atoms with Crippen LogP contribution < -0.4 is 0 Å². The van der Waals surface area contributed by atoms with Crippen molar-refractivity contribution in [2.24, 2.45) is 0 Å². The van der Waals surface area contributed by atoms with E-state index >= 15 is 0 Å². The van der Waals surface area contributed by atoms with Gasteiger partial charge in [-0.1, -0.05) is 0 Å². The first-order chi connectivity index (χ1) is 23.9. The molecule has 0 aliphatic heterocycles. The fourth-order valence-corrected chi connectivity index (χ4v) is 17.7. The van der Waals surface area contributed by atoms with E-state index in [1.807, 2.05) is 0 Å². The minimum absolute atomic E-state index is 0. The molecule has 2 aliphatic carbocycles. The van der Waals surface area contributed by atoms with E-state index in [4.69, 9.17) is 0 Å². The zero-order chi connectivity index (χ0) is 34.9. The number of fused-ring (bicyclic) bond motifs is 5. The zero-order valence-corrected chi connectivity index (χ0v) is 35.8. The van der Waals surface area contributed by atoms with Crippen molar-refractivity contribution in [1.29, 1.82) is 0 Å². The molecule has 0 bridgehead atoms. The van der Waals surface area contributed by atoms with Gasteiger partial charge in [0.2, 0.25) is 0 Å². The molecule has 0 saturated heterocycles. The molecule has 0 N–H and O–H groups in total. The standard InChI is InChI=1S/C23H29.C21H14.C5H5.2ClH.Zr/c1-14-9-16-11-17-10-15(2)21(23(6,7)8)13-19(17)18(16)12-20(14)22(3,4)5;1-3-7-20-14-16(9-11-18(20)5-1)13-17-10-12-19-6-2-4-8-21(19)15-17;1-2-4-5-3-1;;;/h9-13H,1-8H3;1-12,14-15H;1-3H,4H2;2*1H;. The van der Waals surface area contributed by atoms with Crippen molar-refractivity contribution < 1.29 is 21.3 Å². The van der Waals surface area contributed by atoms with Crippen LogP contribution in [0.4, 0.5) is 0 Å². The number of benzene rings is 6. The molecule has 52 heavy (non-hydrogen) atoms. The van der Waals surface area contributed by atoms with E-state index in [1.165, 1.54) is 66.1 Å². The van der Waals surface area contributed by atoms with Crippen molar-refractivity contribution >= 4 is 49.6 Å². The Morgan fingerprint density at radius 2 is 1.00 bits per heavy atom. The second-order valence-corrected chi connectivity index (χ2v) is 22.9. The summed E-state index contributed by atoms with van der Waals surface area (Å²) in [7, 11) is 0. The molecule has 0 atom stereocenters. The first-order valence-corrected chi connectivity index (χ1v) is 22.2. The molecule has 0 fully saturated rings. The number of aryl methyl sites for hydroxylation is 2. The fraction of sp³-hybridized carbons (Fsp3) is 0.245. The van der Waals surface area contributed by atoms with Gasteiger partial charge < -0.3 is 0 Å². The quantitative estimate of drug-likeness (QED) is 0.167. The fourth-order valence-electron chi connectivity index (χ4n) is 8.80. The first-order valence-electron chi connectivity index (χ1n) is 18.3. The van der Waals surface area contributed by atoms with Crippen molar-refractivity contribution in [1.82, 2.24) is 0 Å². The van der Waals surface area contributed by atoms with E-state index in [2.05, 4.69) is 183 Å². The maximum Gasteiger partial charge on any atom is -0.147 e. The van der Waals surface area contributed by atoms with Gasteiger partial charge in [-0.2, -0.15) is 0 Å². The minimum atomic E-state index is -2.87. The van der Waals surface area contributed by atoms with Gasteiger partial charge in [-0.25, -0.2) is 0 Å². The first kappa shape index (κ1) is 38.4. The van der Waals surface area contributed by atoms with Gasteiger partial charge in [0.25, 0.3) is 0 Å². The summed E-state index contributed by atoms with van der Waals surface area (Å²) in [6.07, 6.45) is 8.28. The summed E-state index contributed by atoms with van der Waals surface area (Å²) >= 11 is -2.87. The average molecular weight is 801 g/mol. The van der Waals surface area contributed by atoms with Gasteiger partial charge in [-0.3, -0.25) is 0 Å². The van der Waals surface area contributed by atoms with Crippen LogP contribution in [-0.2, 0) is 32.1 Å². The Balaban J connectivity index is 0.00000232. The third kappa shape index (κ3) is 6.79. The maximum atomic E-state index is 2.61. The van der Waals surface area contributed by atoms with Gasteiger partial charge in [-0.15, -0.1) is 24.8 Å². The van der Waals surface area contributed by atoms with Gasteiger partial charge in [0, 0.05) is 0 Å². The molecule has 0 heterocycles. The molecule has 264 valence electrons. The SMILES string of the molecule is Cc1cc2c(cc1C(C)(C)C)-c1cc(C(C)(C)C)c(C)cc1[CH]2[Zr]([C]1=CC=CC1)=[C](c1ccc2ccccc2c1)c1ccc2ccccc2c1.Cl.Cl. The van der Waals surface area contributed by atoms with Crippen LogP contribution in [0, 0.1) is 13.8 Å². The largest absolute Gasteiger partial charge is 0.147 e. The summed E-state index contributed by atoms with van der Waals surface area (Å²) in [5.41, 5.74) is 14.7. The van der Waals surface area contributed by atoms with Crippen molar-refractivity contribution in [3.8, 4) is 11.1 Å². The smallest absolute Gasteiger partial charge is 0.147 e. The van der Waals surface area contributed by atoms with Gasteiger partial charge in [0.1, 0.15) is 0 Å². The van der Waals surface area contributed by atoms with Crippen LogP contribution in [0.5, 0.6) is 0 Å². The monoisotopic (exact) mass is 798 g/mol. The molecular weight excluding hydrogens is 751 g/mol. The van der Waals surface area contributed by atoms with E-state index in [9.17, 15) is 0 Å². The summed E-state index contributed by atoms with van der Waals surface area (Å²) in [6.45, 7) is 18.9. The molecule has 0 unspecified atom stereocenters. The minimum Gasteiger partial charge on any atom is -0.147 e. The van der Waals surface area contributed by atoms with Crippen LogP contribution in [-0.4, -0.2) is 3.21 Å². The number of halogens is 2. The average Bonchev–Trinajstić information content (AvgIpc) is 3.71. The number of allylic oxidation sites excluding steroid dienone is 4. The molecule has 3 heteroatoms. The van der Waals surface area contributed by atoms with Gasteiger partial charge in [-0.05, 0) is 0 Å². The molecule has 0 spiro atoms. The molecular formula is C49H50Cl2Zr. The molecule has 0 amide bonds. The maximum absolute atomic E-state index is 2.87. The number of rotatable bonds is 4. The normalized spacial score (nSPS) is 13.7. The second-order valence-electron chi connectivity index (χ2n) is 16.7. The Labute approximate surface area is 331 Å². The molecule has 8 rings (SSSR count). The molecule has 0 nitrogen and oxygen atoms in total. The predicted octanol–water partition coefficient (Wildman–Crippen LogP) is 13.8. The molecule has 6 aromatic rings. The van der Waals surface area contributed by atoms with Gasteiger partial charge >= 0.3 is 309 Å². The Morgan fingerprint density at radius 3 is 1.40 bits per heavy atom. The second kappa shape index (κ2) is 14.5. The van der Waals surface area contributed by atoms with Crippen LogP contribution in [0.15, 0.2) is 131 Å². The van der Waals surface area contributed by atoms with Crippen LogP contribution in [0.1, 0.15) is 96.1 Å². The molecule has 0 saturated carbocycles. The Bertz CT molecular complexity index is 2290. The van der Waals surface area contributed by atoms with Crippen molar-refractivity contribution in [2.45, 2.75) is 76.3 Å². The van der Waals surface area contributed by atoms with Crippen molar-refractivity contribution in [2.75, 3.05) is 0 Å². The third-order valence-corrected chi connectivity index (χ3v) is 19.4. The molecule has 0 radical (unpaired) electrons. The zero-order valence-electron chi connectivity index (χ0n) is 31.7. The molecule has 0 aromatic heterocycles. The number of hydrogen-bond donors (Lipinski definition) is 0. The van der Waals surface area contributed by atoms with Crippen molar-refractivity contribution in [3.05, 3.63) is 175 Å². The topological polar surface area (TPSA) is 0 Å². The van der Waals surface area contributed by atoms with E-state index in [0.717, 1.165) is 6.42 Å². The van der Waals surface area contributed by atoms with E-state index in [-0.39, 0.29) is 35.6 Å².